The van der Waals surface area contributed by atoms with E-state index in [4.69, 9.17) is 5.11 Å². The number of aromatic nitrogens is 8. The smallest absolute Gasteiger partial charge is 0.253 e. The summed E-state index contributed by atoms with van der Waals surface area (Å²) in [6, 6.07) is 40.5. The summed E-state index contributed by atoms with van der Waals surface area (Å²) >= 11 is 0. The average Bonchev–Trinajstić information content (AvgIpc) is 3.40. The third-order valence-electron chi connectivity index (χ3n) is 7.87. The van der Waals surface area contributed by atoms with Gasteiger partial charge < -0.3 is 20.4 Å². The van der Waals surface area contributed by atoms with Gasteiger partial charge in [0.15, 0.2) is 23.9 Å². The molecule has 1 unspecified atom stereocenters. The molecule has 0 aliphatic heterocycles. The molecule has 8 heterocycles. The number of aliphatic hydroxyl groups excluding tert-OH is 4. The summed E-state index contributed by atoms with van der Waals surface area (Å²) in [6.07, 6.45) is 11.8. The van der Waals surface area contributed by atoms with Crippen LogP contribution in [0.3, 0.4) is 0 Å². The van der Waals surface area contributed by atoms with Crippen LogP contribution >= 0.6 is 0 Å². The summed E-state index contributed by atoms with van der Waals surface area (Å²) in [5.41, 5.74) is 2.66. The molecule has 0 aliphatic carbocycles. The van der Waals surface area contributed by atoms with E-state index in [-0.39, 0.29) is 35.2 Å². The zero-order valence-electron chi connectivity index (χ0n) is 33.8. The van der Waals surface area contributed by atoms with Gasteiger partial charge in [-0.1, -0.05) is 48.5 Å². The molecule has 0 aliphatic rings. The molecule has 4 N–H and O–H groups in total. The van der Waals surface area contributed by atoms with Crippen molar-refractivity contribution in [2.24, 2.45) is 0 Å². The zero-order chi connectivity index (χ0) is 45.8. The summed E-state index contributed by atoms with van der Waals surface area (Å²) in [4.78, 5) is 76.0. The Labute approximate surface area is 367 Å². The largest absolute Gasteiger partial charge is 0.503 e. The zero-order valence-corrected chi connectivity index (χ0v) is 33.8. The van der Waals surface area contributed by atoms with Gasteiger partial charge in [0.1, 0.15) is 34.2 Å². The summed E-state index contributed by atoms with van der Waals surface area (Å²) in [6.45, 7) is 0.0286. The Morgan fingerprint density at radius 1 is 0.438 bits per heavy atom. The van der Waals surface area contributed by atoms with Gasteiger partial charge >= 0.3 is 0 Å². The molecule has 64 heavy (non-hydrogen) atoms. The molecule has 1 atom stereocenters. The molecule has 0 amide bonds. The second kappa shape index (κ2) is 27.1. The van der Waals surface area contributed by atoms with Gasteiger partial charge in [0.25, 0.3) is 11.6 Å². The van der Waals surface area contributed by atoms with Crippen LogP contribution in [0.1, 0.15) is 70.8 Å². The predicted molar refractivity (Wildman–Crippen MR) is 235 cm³/mol. The van der Waals surface area contributed by atoms with Gasteiger partial charge in [-0.05, 0) is 97.1 Å². The van der Waals surface area contributed by atoms with Crippen LogP contribution in [-0.4, -0.2) is 83.9 Å². The van der Waals surface area contributed by atoms with E-state index in [1.807, 2.05) is 12.1 Å². The molecule has 320 valence electrons. The number of carbonyl (C=O) groups is 4. The lowest BCUT2D eigenvalue weighted by Gasteiger charge is -2.07. The minimum Gasteiger partial charge on any atom is -0.503 e. The molecular formula is C48H40N8O8. The highest BCUT2D eigenvalue weighted by Crippen LogP contribution is 2.18. The number of hydrogen-bond donors (Lipinski definition) is 4. The Kier molecular flexibility index (Phi) is 20.2. The molecule has 0 saturated carbocycles. The van der Waals surface area contributed by atoms with E-state index in [0.717, 1.165) is 6.29 Å². The van der Waals surface area contributed by atoms with Gasteiger partial charge in [-0.2, -0.15) is 0 Å². The fraction of sp³-hybridized carbons (Fsp3) is 0.0417. The molecule has 0 spiro atoms. The average molecular weight is 857 g/mol. The maximum Gasteiger partial charge on any atom is 0.253 e. The van der Waals surface area contributed by atoms with Crippen molar-refractivity contribution in [1.82, 2.24) is 39.9 Å². The van der Waals surface area contributed by atoms with Gasteiger partial charge in [0.2, 0.25) is 5.78 Å². The van der Waals surface area contributed by atoms with Crippen molar-refractivity contribution in [3.8, 4) is 0 Å². The van der Waals surface area contributed by atoms with Gasteiger partial charge in [-0.15, -0.1) is 0 Å². The summed E-state index contributed by atoms with van der Waals surface area (Å²) in [5.74, 6) is -2.28. The van der Waals surface area contributed by atoms with Crippen molar-refractivity contribution in [2.45, 2.75) is 12.7 Å². The maximum atomic E-state index is 11.8. The van der Waals surface area contributed by atoms with E-state index in [1.165, 1.54) is 49.3 Å². The number of Topliss-reactive ketones (excluding diaryl/α,β-unsaturated/α-hetero) is 3. The van der Waals surface area contributed by atoms with E-state index in [2.05, 4.69) is 39.9 Å². The van der Waals surface area contributed by atoms with Crippen LogP contribution in [0, 0.1) is 0 Å². The van der Waals surface area contributed by atoms with Crippen molar-refractivity contribution >= 4 is 35.2 Å². The summed E-state index contributed by atoms with van der Waals surface area (Å²) < 4.78 is 0. The quantitative estimate of drug-likeness (QED) is 0.0476. The van der Waals surface area contributed by atoms with Crippen LogP contribution < -0.4 is 0 Å². The lowest BCUT2D eigenvalue weighted by Crippen LogP contribution is -2.16. The number of aldehydes is 1. The highest BCUT2D eigenvalue weighted by molar-refractivity contribution is 6.48. The van der Waals surface area contributed by atoms with Crippen molar-refractivity contribution < 1.29 is 39.6 Å². The molecular weight excluding hydrogens is 817 g/mol. The Morgan fingerprint density at radius 2 is 0.797 bits per heavy atom. The van der Waals surface area contributed by atoms with Gasteiger partial charge in [-0.3, -0.25) is 59.0 Å². The molecule has 8 rings (SSSR count). The third-order valence-corrected chi connectivity index (χ3v) is 7.87. The number of hydrogen-bond acceptors (Lipinski definition) is 16. The lowest BCUT2D eigenvalue weighted by atomic mass is 10.1. The van der Waals surface area contributed by atoms with Crippen LogP contribution in [-0.2, 0) is 6.61 Å². The molecule has 0 aromatic carbocycles. The van der Waals surface area contributed by atoms with Crippen LogP contribution in [0.25, 0.3) is 11.5 Å². The highest BCUT2D eigenvalue weighted by Gasteiger charge is 2.21. The molecule has 8 aromatic heterocycles. The van der Waals surface area contributed by atoms with E-state index in [9.17, 15) is 34.5 Å². The number of aliphatic hydroxyl groups is 4. The first-order valence-corrected chi connectivity index (χ1v) is 19.0. The first kappa shape index (κ1) is 47.8. The van der Waals surface area contributed by atoms with Crippen molar-refractivity contribution in [3.05, 3.63) is 241 Å². The van der Waals surface area contributed by atoms with Crippen LogP contribution in [0.5, 0.6) is 0 Å². The van der Waals surface area contributed by atoms with Crippen LogP contribution in [0.2, 0.25) is 0 Å². The predicted octanol–water partition coefficient (Wildman–Crippen LogP) is 6.82. The molecule has 0 radical (unpaired) electrons. The number of pyridine rings is 8. The molecule has 0 bridgehead atoms. The molecule has 8 aromatic rings. The first-order chi connectivity index (χ1) is 31.2. The SMILES string of the molecule is O/C(=C(/O)c1ccccn1)c1ccccn1.O=C(C(=O)c1ccccn1)c1ccccn1.O=C(c1ccccn1)C(O)c1ccccn1.O=Cc1ccccn1.OCc1ccccn1. The second-order valence-electron chi connectivity index (χ2n) is 12.3. The number of nitrogens with zero attached hydrogens (tertiary/aromatic N) is 8. The first-order valence-electron chi connectivity index (χ1n) is 19.0. The summed E-state index contributed by atoms with van der Waals surface area (Å²) in [7, 11) is 0. The van der Waals surface area contributed by atoms with Gasteiger partial charge in [-0.25, -0.2) is 0 Å². The Bertz CT molecular complexity index is 2520. The number of ketones is 3. The molecule has 0 fully saturated rings. The van der Waals surface area contributed by atoms with Crippen LogP contribution in [0.15, 0.2) is 195 Å². The molecule has 16 nitrogen and oxygen atoms in total. The van der Waals surface area contributed by atoms with Crippen molar-refractivity contribution in [2.75, 3.05) is 0 Å². The van der Waals surface area contributed by atoms with Crippen molar-refractivity contribution in [1.29, 1.82) is 0 Å². The molecule has 0 saturated heterocycles. The lowest BCUT2D eigenvalue weighted by molar-refractivity contribution is 0.0734. The Morgan fingerprint density at radius 3 is 1.09 bits per heavy atom. The standard InChI is InChI=1S/2C12H10N2O2.C12H8N2O2.C6H7NO.C6H5NO/c3*15-11(9-5-1-3-7-13-9)12(16)10-6-2-4-8-14-10;2*8-5-6-3-1-2-4-7-6/h1-8,15-16H;1-8,11,15H;1-8H;1-4,8H,5H2;1-5H/b12-11+;;;;. The highest BCUT2D eigenvalue weighted by atomic mass is 16.3. The van der Waals surface area contributed by atoms with E-state index in [1.54, 1.807) is 134 Å². The van der Waals surface area contributed by atoms with Crippen molar-refractivity contribution in [3.63, 3.8) is 0 Å². The Hall–Kier alpha value is -8.86. The summed E-state index contributed by atoms with van der Waals surface area (Å²) in [5, 5.41) is 37.8. The van der Waals surface area contributed by atoms with Gasteiger partial charge in [0, 0.05) is 49.6 Å². The van der Waals surface area contributed by atoms with E-state index >= 15 is 0 Å². The van der Waals surface area contributed by atoms with E-state index < -0.39 is 23.5 Å². The normalized spacial score (nSPS) is 10.7. The fourth-order valence-electron chi connectivity index (χ4n) is 4.73. The third kappa shape index (κ3) is 16.0. The fourth-order valence-corrected chi connectivity index (χ4v) is 4.73. The monoisotopic (exact) mass is 856 g/mol. The minimum absolute atomic E-state index is 0.0286. The van der Waals surface area contributed by atoms with Crippen LogP contribution in [0.4, 0.5) is 0 Å². The van der Waals surface area contributed by atoms with E-state index in [0.29, 0.717) is 28.5 Å². The number of rotatable bonds is 10. The number of carbonyl (C=O) groups excluding carboxylic acids is 4. The second-order valence-corrected chi connectivity index (χ2v) is 12.3. The molecule has 16 heteroatoms. The van der Waals surface area contributed by atoms with Gasteiger partial charge in [0.05, 0.1) is 18.0 Å². The Balaban J connectivity index is 0.000000181. The topological polar surface area (TPSA) is 252 Å². The minimum atomic E-state index is -1.25. The maximum absolute atomic E-state index is 11.8.